The summed E-state index contributed by atoms with van der Waals surface area (Å²) in [4.78, 5) is 18.4. The van der Waals surface area contributed by atoms with Crippen molar-refractivity contribution in [1.82, 2.24) is 10.2 Å². The van der Waals surface area contributed by atoms with Gasteiger partial charge in [-0.2, -0.15) is 0 Å². The third-order valence-corrected chi connectivity index (χ3v) is 7.16. The molecule has 7 heteroatoms. The minimum Gasteiger partial charge on any atom is -0.495 e. The first-order chi connectivity index (χ1) is 16.6. The van der Waals surface area contributed by atoms with Gasteiger partial charge in [0.2, 0.25) is 0 Å². The van der Waals surface area contributed by atoms with E-state index < -0.39 is 0 Å². The second-order valence-electron chi connectivity index (χ2n) is 8.19. The number of piperazine rings is 1. The van der Waals surface area contributed by atoms with Gasteiger partial charge in [-0.05, 0) is 54.1 Å². The van der Waals surface area contributed by atoms with E-state index in [-0.39, 0.29) is 5.91 Å². The van der Waals surface area contributed by atoms with Crippen molar-refractivity contribution in [2.75, 3.05) is 50.5 Å². The van der Waals surface area contributed by atoms with Gasteiger partial charge in [-0.1, -0.05) is 35.9 Å². The Bertz CT molecular complexity index is 1070. The second-order valence-corrected chi connectivity index (χ2v) is 9.80. The summed E-state index contributed by atoms with van der Waals surface area (Å²) >= 11 is 7.61. The van der Waals surface area contributed by atoms with Crippen LogP contribution in [0, 0.1) is 0 Å². The van der Waals surface area contributed by atoms with Crippen LogP contribution < -0.4 is 15.0 Å². The number of benzene rings is 3. The lowest BCUT2D eigenvalue weighted by Gasteiger charge is -2.36. The van der Waals surface area contributed by atoms with Crippen molar-refractivity contribution in [3.05, 3.63) is 88.9 Å². The van der Waals surface area contributed by atoms with Crippen molar-refractivity contribution in [2.24, 2.45) is 0 Å². The number of halogens is 1. The average Bonchev–Trinajstić information content (AvgIpc) is 2.88. The molecule has 0 unspecified atom stereocenters. The lowest BCUT2D eigenvalue weighted by molar-refractivity contribution is 0.0956. The Labute approximate surface area is 211 Å². The van der Waals surface area contributed by atoms with E-state index in [1.54, 1.807) is 18.9 Å². The summed E-state index contributed by atoms with van der Waals surface area (Å²) in [7, 11) is 1.72. The lowest BCUT2D eigenvalue weighted by Crippen LogP contribution is -2.46. The van der Waals surface area contributed by atoms with Crippen molar-refractivity contribution in [3.63, 3.8) is 0 Å². The molecule has 0 bridgehead atoms. The fraction of sp³-hybridized carbons (Fsp3) is 0.296. The number of nitrogens with one attached hydrogen (secondary N) is 1. The van der Waals surface area contributed by atoms with Gasteiger partial charge in [0.05, 0.1) is 12.8 Å². The number of ether oxygens (including phenoxy) is 1. The smallest absolute Gasteiger partial charge is 0.251 e. The van der Waals surface area contributed by atoms with Gasteiger partial charge >= 0.3 is 0 Å². The van der Waals surface area contributed by atoms with Crippen LogP contribution in [0.15, 0.2) is 77.7 Å². The van der Waals surface area contributed by atoms with Gasteiger partial charge in [-0.15, -0.1) is 11.8 Å². The molecule has 5 nitrogen and oxygen atoms in total. The largest absolute Gasteiger partial charge is 0.495 e. The normalized spacial score (nSPS) is 14.1. The minimum absolute atomic E-state index is 0.0336. The molecule has 3 aromatic carbocycles. The number of rotatable bonds is 9. The van der Waals surface area contributed by atoms with Gasteiger partial charge in [0, 0.05) is 60.5 Å². The van der Waals surface area contributed by atoms with Crippen molar-refractivity contribution in [1.29, 1.82) is 0 Å². The van der Waals surface area contributed by atoms with Gasteiger partial charge in [-0.3, -0.25) is 9.69 Å². The maximum Gasteiger partial charge on any atom is 0.251 e. The maximum absolute atomic E-state index is 12.5. The Kier molecular flexibility index (Phi) is 8.74. The Hall–Kier alpha value is -2.67. The Morgan fingerprint density at radius 1 is 0.971 bits per heavy atom. The zero-order chi connectivity index (χ0) is 23.8. The van der Waals surface area contributed by atoms with Crippen LogP contribution in [-0.2, 0) is 6.54 Å². The molecular weight excluding hydrogens is 466 g/mol. The third kappa shape index (κ3) is 6.69. The second kappa shape index (κ2) is 12.2. The highest BCUT2D eigenvalue weighted by molar-refractivity contribution is 7.99. The van der Waals surface area contributed by atoms with E-state index >= 15 is 0 Å². The summed E-state index contributed by atoms with van der Waals surface area (Å²) in [5, 5.41) is 3.73. The molecule has 1 fully saturated rings. The van der Waals surface area contributed by atoms with E-state index in [2.05, 4.69) is 39.4 Å². The minimum atomic E-state index is -0.0336. The third-order valence-electron chi connectivity index (χ3n) is 5.89. The summed E-state index contributed by atoms with van der Waals surface area (Å²) in [6.45, 7) is 5.42. The average molecular weight is 496 g/mol. The molecule has 178 valence electrons. The van der Waals surface area contributed by atoms with Crippen molar-refractivity contribution in [3.8, 4) is 5.75 Å². The molecule has 3 aromatic rings. The fourth-order valence-corrected chi connectivity index (χ4v) is 4.92. The molecule has 34 heavy (non-hydrogen) atoms. The standard InChI is InChI=1S/C27H30ClN3O2S/c1-33-26-5-3-2-4-25(26)31-17-15-30(16-18-31)20-21-6-8-22(9-7-21)27(32)29-14-19-34-24-12-10-23(28)11-13-24/h2-13H,14-20H2,1H3,(H,29,32). The number of nitrogens with zero attached hydrogens (tertiary/aromatic N) is 2. The van der Waals surface area contributed by atoms with Crippen molar-refractivity contribution < 1.29 is 9.53 Å². The molecule has 1 heterocycles. The SMILES string of the molecule is COc1ccccc1N1CCN(Cc2ccc(C(=O)NCCSc3ccc(Cl)cc3)cc2)CC1. The predicted molar refractivity (Wildman–Crippen MR) is 141 cm³/mol. The number of carbonyl (C=O) groups excluding carboxylic acids is 1. The van der Waals surface area contributed by atoms with E-state index in [0.717, 1.165) is 59.8 Å². The first-order valence-electron chi connectivity index (χ1n) is 11.5. The molecule has 4 rings (SSSR count). The van der Waals surface area contributed by atoms with Crippen LogP contribution in [0.1, 0.15) is 15.9 Å². The summed E-state index contributed by atoms with van der Waals surface area (Å²) < 4.78 is 5.51. The number of amides is 1. The van der Waals surface area contributed by atoms with Crippen molar-refractivity contribution >= 4 is 35.0 Å². The lowest BCUT2D eigenvalue weighted by atomic mass is 10.1. The zero-order valence-corrected chi connectivity index (χ0v) is 20.9. The maximum atomic E-state index is 12.5. The summed E-state index contributed by atoms with van der Waals surface area (Å²) in [5.74, 6) is 1.70. The van der Waals surface area contributed by atoms with Crippen LogP contribution in [0.5, 0.6) is 5.75 Å². The predicted octanol–water partition coefficient (Wildman–Crippen LogP) is 5.19. The van der Waals surface area contributed by atoms with E-state index in [0.29, 0.717) is 12.1 Å². The van der Waals surface area contributed by atoms with E-state index in [9.17, 15) is 4.79 Å². The Morgan fingerprint density at radius 2 is 1.68 bits per heavy atom. The molecular formula is C27H30ClN3O2S. The van der Waals surface area contributed by atoms with Gasteiger partial charge in [-0.25, -0.2) is 0 Å². The van der Waals surface area contributed by atoms with Crippen LogP contribution in [0.4, 0.5) is 5.69 Å². The molecule has 0 aliphatic carbocycles. The van der Waals surface area contributed by atoms with Gasteiger partial charge in [0.1, 0.15) is 5.75 Å². The molecule has 0 aromatic heterocycles. The van der Waals surface area contributed by atoms with Crippen LogP contribution >= 0.6 is 23.4 Å². The van der Waals surface area contributed by atoms with Gasteiger partial charge < -0.3 is 15.0 Å². The molecule has 0 spiro atoms. The number of methoxy groups -OCH3 is 1. The molecule has 1 aliphatic rings. The Morgan fingerprint density at radius 3 is 2.38 bits per heavy atom. The number of carbonyl (C=O) groups is 1. The molecule has 0 saturated carbocycles. The summed E-state index contributed by atoms with van der Waals surface area (Å²) in [6, 6.07) is 23.9. The zero-order valence-electron chi connectivity index (χ0n) is 19.4. The monoisotopic (exact) mass is 495 g/mol. The van der Waals surface area contributed by atoms with E-state index in [4.69, 9.17) is 16.3 Å². The van der Waals surface area contributed by atoms with Gasteiger partial charge in [0.15, 0.2) is 0 Å². The summed E-state index contributed by atoms with van der Waals surface area (Å²) in [6.07, 6.45) is 0. The molecule has 0 radical (unpaired) electrons. The molecule has 0 atom stereocenters. The molecule has 1 N–H and O–H groups in total. The Balaban J connectivity index is 1.20. The van der Waals surface area contributed by atoms with E-state index in [1.165, 1.54) is 5.56 Å². The quantitative estimate of drug-likeness (QED) is 0.327. The highest BCUT2D eigenvalue weighted by atomic mass is 35.5. The number of para-hydroxylation sites is 2. The molecule has 1 amide bonds. The fourth-order valence-electron chi connectivity index (χ4n) is 4.02. The first kappa shape index (κ1) is 24.5. The summed E-state index contributed by atoms with van der Waals surface area (Å²) in [5.41, 5.74) is 3.08. The number of hydrogen-bond donors (Lipinski definition) is 1. The molecule has 1 aliphatic heterocycles. The van der Waals surface area contributed by atoms with Gasteiger partial charge in [0.25, 0.3) is 5.91 Å². The first-order valence-corrected chi connectivity index (χ1v) is 12.8. The van der Waals surface area contributed by atoms with Crippen LogP contribution in [-0.4, -0.2) is 56.4 Å². The number of hydrogen-bond acceptors (Lipinski definition) is 5. The van der Waals surface area contributed by atoms with E-state index in [1.807, 2.05) is 48.5 Å². The number of anilines is 1. The highest BCUT2D eigenvalue weighted by Crippen LogP contribution is 2.28. The van der Waals surface area contributed by atoms with Crippen LogP contribution in [0.25, 0.3) is 0 Å². The van der Waals surface area contributed by atoms with Crippen LogP contribution in [0.3, 0.4) is 0 Å². The molecule has 1 saturated heterocycles. The van der Waals surface area contributed by atoms with Crippen LogP contribution in [0.2, 0.25) is 5.02 Å². The van der Waals surface area contributed by atoms with Crippen molar-refractivity contribution in [2.45, 2.75) is 11.4 Å². The topological polar surface area (TPSA) is 44.8 Å². The number of thioether (sulfide) groups is 1. The highest BCUT2D eigenvalue weighted by Gasteiger charge is 2.19.